The van der Waals surface area contributed by atoms with Gasteiger partial charge in [0.2, 0.25) is 10.0 Å². The Bertz CT molecular complexity index is 774. The van der Waals surface area contributed by atoms with Crippen LogP contribution in [-0.2, 0) is 10.0 Å². The maximum Gasteiger partial charge on any atom is 0.215 e. The second-order valence-electron chi connectivity index (χ2n) is 6.35. The van der Waals surface area contributed by atoms with Gasteiger partial charge in [-0.3, -0.25) is 4.99 Å². The van der Waals surface area contributed by atoms with Crippen LogP contribution < -0.4 is 15.4 Å². The number of sulfonamides is 1. The third kappa shape index (κ3) is 8.10. The van der Waals surface area contributed by atoms with Crippen LogP contribution in [0.3, 0.4) is 0 Å². The van der Waals surface area contributed by atoms with E-state index in [0.29, 0.717) is 25.6 Å². The summed E-state index contributed by atoms with van der Waals surface area (Å²) >= 11 is 1.77. The number of hydrogen-bond acceptors (Lipinski definition) is 5. The number of thioether (sulfide) groups is 1. The maximum atomic E-state index is 13.9. The van der Waals surface area contributed by atoms with E-state index in [0.717, 1.165) is 17.1 Å². The van der Waals surface area contributed by atoms with E-state index in [1.54, 1.807) is 28.2 Å². The molecule has 1 fully saturated rings. The molecule has 0 aliphatic carbocycles. The first kappa shape index (κ1) is 26.2. The summed E-state index contributed by atoms with van der Waals surface area (Å²) in [4.78, 5) is 4.38. The van der Waals surface area contributed by atoms with Crippen molar-refractivity contribution in [2.75, 3.05) is 50.5 Å². The van der Waals surface area contributed by atoms with Crippen LogP contribution >= 0.6 is 35.7 Å². The van der Waals surface area contributed by atoms with Crippen molar-refractivity contribution in [2.45, 2.75) is 19.9 Å². The molecule has 1 aromatic carbocycles. The molecule has 0 radical (unpaired) electrons. The molecule has 1 aromatic rings. The number of benzene rings is 1. The third-order valence-corrected chi connectivity index (χ3v) is 7.15. The standard InChI is InChI=1S/C18H29FN4O3S2.HI/c1-4-20-18(21-7-12-28(24,25)23-8-10-27-11-9-23)22-14(2)15-5-6-17(26-3)16(19)13-15;/h5-6,13-14H,4,7-12H2,1-3H3,(H2,20,21,22);1H. The normalized spacial score (nSPS) is 16.6. The summed E-state index contributed by atoms with van der Waals surface area (Å²) in [5.74, 6) is 1.90. The first-order valence-corrected chi connectivity index (χ1v) is 12.1. The highest BCUT2D eigenvalue weighted by atomic mass is 127. The molecular formula is C18H30FIN4O3S2. The van der Waals surface area contributed by atoms with Crippen LogP contribution in [0.4, 0.5) is 4.39 Å². The summed E-state index contributed by atoms with van der Waals surface area (Å²) < 4.78 is 45.3. The molecule has 1 atom stereocenters. The van der Waals surface area contributed by atoms with Crippen molar-refractivity contribution in [3.8, 4) is 5.75 Å². The molecule has 0 spiro atoms. The smallest absolute Gasteiger partial charge is 0.215 e. The van der Waals surface area contributed by atoms with Gasteiger partial charge in [0.15, 0.2) is 17.5 Å². The number of methoxy groups -OCH3 is 1. The Morgan fingerprint density at radius 3 is 2.66 bits per heavy atom. The van der Waals surface area contributed by atoms with Crippen LogP contribution in [0.1, 0.15) is 25.5 Å². The van der Waals surface area contributed by atoms with Crippen molar-refractivity contribution >= 4 is 51.7 Å². The van der Waals surface area contributed by atoms with Crippen molar-refractivity contribution in [2.24, 2.45) is 4.99 Å². The van der Waals surface area contributed by atoms with Crippen molar-refractivity contribution in [3.05, 3.63) is 29.6 Å². The Morgan fingerprint density at radius 1 is 1.38 bits per heavy atom. The molecule has 166 valence electrons. The Kier molecular flexibility index (Phi) is 11.6. The van der Waals surface area contributed by atoms with Crippen molar-refractivity contribution < 1.29 is 17.5 Å². The largest absolute Gasteiger partial charge is 0.494 e. The summed E-state index contributed by atoms with van der Waals surface area (Å²) in [6.45, 7) is 5.73. The van der Waals surface area contributed by atoms with Gasteiger partial charge in [-0.1, -0.05) is 6.07 Å². The van der Waals surface area contributed by atoms with Crippen LogP contribution in [-0.4, -0.2) is 69.2 Å². The summed E-state index contributed by atoms with van der Waals surface area (Å²) in [5, 5.41) is 6.28. The lowest BCUT2D eigenvalue weighted by Gasteiger charge is -2.25. The van der Waals surface area contributed by atoms with E-state index >= 15 is 0 Å². The van der Waals surface area contributed by atoms with Gasteiger partial charge in [-0.2, -0.15) is 11.8 Å². The molecule has 0 aromatic heterocycles. The van der Waals surface area contributed by atoms with Crippen LogP contribution in [0.25, 0.3) is 0 Å². The topological polar surface area (TPSA) is 83.0 Å². The molecule has 11 heteroatoms. The summed E-state index contributed by atoms with van der Waals surface area (Å²) in [6.07, 6.45) is 0. The number of guanidine groups is 1. The molecule has 0 bridgehead atoms. The molecular weight excluding hydrogens is 530 g/mol. The molecule has 0 saturated carbocycles. The van der Waals surface area contributed by atoms with Gasteiger partial charge < -0.3 is 15.4 Å². The van der Waals surface area contributed by atoms with Crippen LogP contribution in [0, 0.1) is 5.82 Å². The highest BCUT2D eigenvalue weighted by molar-refractivity contribution is 14.0. The predicted octanol–water partition coefficient (Wildman–Crippen LogP) is 2.45. The minimum atomic E-state index is -3.29. The highest BCUT2D eigenvalue weighted by Crippen LogP contribution is 2.21. The van der Waals surface area contributed by atoms with Gasteiger partial charge >= 0.3 is 0 Å². The lowest BCUT2D eigenvalue weighted by molar-refractivity contribution is 0.386. The second-order valence-corrected chi connectivity index (χ2v) is 9.66. The van der Waals surface area contributed by atoms with Gasteiger partial charge in [-0.15, -0.1) is 24.0 Å². The van der Waals surface area contributed by atoms with E-state index in [4.69, 9.17) is 4.74 Å². The first-order valence-electron chi connectivity index (χ1n) is 9.31. The molecule has 1 unspecified atom stereocenters. The molecule has 2 rings (SSSR count). The number of halogens is 2. The van der Waals surface area contributed by atoms with Gasteiger partial charge in [0.1, 0.15) is 0 Å². The summed E-state index contributed by atoms with van der Waals surface area (Å²) in [6, 6.07) is 4.56. The molecule has 1 heterocycles. The lowest BCUT2D eigenvalue weighted by Crippen LogP contribution is -2.41. The predicted molar refractivity (Wildman–Crippen MR) is 129 cm³/mol. The monoisotopic (exact) mass is 560 g/mol. The zero-order chi connectivity index (χ0) is 20.6. The van der Waals surface area contributed by atoms with Gasteiger partial charge in [0, 0.05) is 31.1 Å². The number of hydrogen-bond donors (Lipinski definition) is 2. The maximum absolute atomic E-state index is 13.9. The van der Waals surface area contributed by atoms with E-state index in [-0.39, 0.29) is 48.1 Å². The Morgan fingerprint density at radius 2 is 2.07 bits per heavy atom. The highest BCUT2D eigenvalue weighted by Gasteiger charge is 2.23. The number of ether oxygens (including phenoxy) is 1. The molecule has 1 aliphatic heterocycles. The fraction of sp³-hybridized carbons (Fsp3) is 0.611. The van der Waals surface area contributed by atoms with E-state index in [1.807, 2.05) is 13.8 Å². The molecule has 0 amide bonds. The molecule has 7 nitrogen and oxygen atoms in total. The zero-order valence-corrected chi connectivity index (χ0v) is 20.9. The summed E-state index contributed by atoms with van der Waals surface area (Å²) in [7, 11) is -1.87. The van der Waals surface area contributed by atoms with Gasteiger partial charge in [-0.05, 0) is 31.5 Å². The number of rotatable bonds is 8. The minimum absolute atomic E-state index is 0. The molecule has 29 heavy (non-hydrogen) atoms. The Labute approximate surface area is 194 Å². The van der Waals surface area contributed by atoms with E-state index < -0.39 is 15.8 Å². The van der Waals surface area contributed by atoms with Gasteiger partial charge in [-0.25, -0.2) is 17.1 Å². The number of nitrogens with zero attached hydrogens (tertiary/aromatic N) is 2. The van der Waals surface area contributed by atoms with Crippen LogP contribution in [0.5, 0.6) is 5.75 Å². The quantitative estimate of drug-likeness (QED) is 0.289. The van der Waals surface area contributed by atoms with Gasteiger partial charge in [0.05, 0.1) is 25.4 Å². The molecule has 1 aliphatic rings. The average Bonchev–Trinajstić information content (AvgIpc) is 2.68. The fourth-order valence-corrected chi connectivity index (χ4v) is 5.24. The van der Waals surface area contributed by atoms with Crippen LogP contribution in [0.2, 0.25) is 0 Å². The Balaban J connectivity index is 0.00000420. The molecule has 2 N–H and O–H groups in total. The number of aliphatic imine (C=N–C) groups is 1. The fourth-order valence-electron chi connectivity index (χ4n) is 2.79. The average molecular weight is 560 g/mol. The lowest BCUT2D eigenvalue weighted by atomic mass is 10.1. The van der Waals surface area contributed by atoms with Crippen molar-refractivity contribution in [1.82, 2.24) is 14.9 Å². The zero-order valence-electron chi connectivity index (χ0n) is 17.0. The van der Waals surface area contributed by atoms with Crippen LogP contribution in [0.15, 0.2) is 23.2 Å². The van der Waals surface area contributed by atoms with Crippen molar-refractivity contribution in [3.63, 3.8) is 0 Å². The van der Waals surface area contributed by atoms with Crippen molar-refractivity contribution in [1.29, 1.82) is 0 Å². The van der Waals surface area contributed by atoms with E-state index in [2.05, 4.69) is 15.6 Å². The number of nitrogens with one attached hydrogen (secondary N) is 2. The van der Waals surface area contributed by atoms with Gasteiger partial charge in [0.25, 0.3) is 0 Å². The first-order chi connectivity index (χ1) is 13.4. The van der Waals surface area contributed by atoms with E-state index in [9.17, 15) is 12.8 Å². The minimum Gasteiger partial charge on any atom is -0.494 e. The Hall–Kier alpha value is -0.790. The summed E-state index contributed by atoms with van der Waals surface area (Å²) in [5.41, 5.74) is 0.738. The third-order valence-electron chi connectivity index (χ3n) is 4.36. The SMILES string of the molecule is CCNC(=NCCS(=O)(=O)N1CCSCC1)NC(C)c1ccc(OC)c(F)c1.I. The molecule has 1 saturated heterocycles. The van der Waals surface area contributed by atoms with E-state index in [1.165, 1.54) is 13.2 Å². The second kappa shape index (κ2) is 12.8.